The Bertz CT molecular complexity index is 1230. The molecule has 0 saturated heterocycles. The van der Waals surface area contributed by atoms with Gasteiger partial charge in [0.25, 0.3) is 11.8 Å². The first-order valence-electron chi connectivity index (χ1n) is 9.66. The zero-order valence-corrected chi connectivity index (χ0v) is 19.0. The fourth-order valence-electron chi connectivity index (χ4n) is 3.50. The van der Waals surface area contributed by atoms with Gasteiger partial charge in [-0.3, -0.25) is 9.59 Å². The van der Waals surface area contributed by atoms with Gasteiger partial charge in [0, 0.05) is 11.4 Å². The number of fused-ring (bicyclic) bond motifs is 1. The van der Waals surface area contributed by atoms with Crippen LogP contribution in [0, 0.1) is 0 Å². The van der Waals surface area contributed by atoms with Crippen molar-refractivity contribution in [2.45, 2.75) is 13.0 Å². The van der Waals surface area contributed by atoms with Crippen molar-refractivity contribution in [1.82, 2.24) is 4.90 Å². The number of hydrogen-bond acceptors (Lipinski definition) is 4. The fraction of sp³-hybridized carbons (Fsp3) is 0.136. The predicted octanol–water partition coefficient (Wildman–Crippen LogP) is 5.00. The Labute approximate surface area is 198 Å². The van der Waals surface area contributed by atoms with Crippen molar-refractivity contribution < 1.29 is 14.4 Å². The van der Waals surface area contributed by atoms with Gasteiger partial charge in [-0.05, 0) is 36.2 Å². The fourth-order valence-corrected chi connectivity index (χ4v) is 5.17. The second-order valence-electron chi connectivity index (χ2n) is 7.09. The van der Waals surface area contributed by atoms with E-state index in [-0.39, 0.29) is 23.7 Å². The lowest BCUT2D eigenvalue weighted by Crippen LogP contribution is -2.38. The first kappa shape index (κ1) is 22.1. The molecule has 3 aromatic rings. The molecule has 0 unspecified atom stereocenters. The van der Waals surface area contributed by atoms with E-state index in [1.165, 1.54) is 11.3 Å². The molecule has 32 heavy (non-hydrogen) atoms. The average Bonchev–Trinajstić information content (AvgIpc) is 3.12. The van der Waals surface area contributed by atoms with Crippen molar-refractivity contribution in [2.24, 2.45) is 5.73 Å². The number of halogens is 2. The largest absolute Gasteiger partial charge is 0.365 e. The molecule has 0 saturated carbocycles. The molecule has 4 rings (SSSR count). The Hall–Kier alpha value is -3.07. The lowest BCUT2D eigenvalue weighted by atomic mass is 10.0. The van der Waals surface area contributed by atoms with Crippen LogP contribution in [0.2, 0.25) is 10.0 Å². The number of rotatable bonds is 4. The number of para-hydroxylation sites is 1. The molecule has 4 N–H and O–H groups in total. The summed E-state index contributed by atoms with van der Waals surface area (Å²) in [6.45, 7) is 0.663. The Morgan fingerprint density at radius 2 is 1.66 bits per heavy atom. The summed E-state index contributed by atoms with van der Waals surface area (Å²) < 4.78 is 0. The van der Waals surface area contributed by atoms with Crippen LogP contribution in [0.4, 0.5) is 15.5 Å². The Balaban J connectivity index is 1.56. The first-order chi connectivity index (χ1) is 15.3. The Morgan fingerprint density at radius 3 is 2.34 bits per heavy atom. The van der Waals surface area contributed by atoms with Crippen molar-refractivity contribution >= 4 is 63.1 Å². The van der Waals surface area contributed by atoms with Gasteiger partial charge in [0.2, 0.25) is 0 Å². The summed E-state index contributed by atoms with van der Waals surface area (Å²) in [5.74, 6) is -1.07. The van der Waals surface area contributed by atoms with Crippen LogP contribution in [-0.2, 0) is 13.0 Å². The van der Waals surface area contributed by atoms with E-state index in [2.05, 4.69) is 10.6 Å². The number of urea groups is 1. The van der Waals surface area contributed by atoms with Crippen LogP contribution >= 0.6 is 34.5 Å². The molecule has 2 aromatic carbocycles. The number of carbonyl (C=O) groups excluding carboxylic acids is 3. The summed E-state index contributed by atoms with van der Waals surface area (Å²) in [7, 11) is 0. The quantitative estimate of drug-likeness (QED) is 0.481. The highest BCUT2D eigenvalue weighted by molar-refractivity contribution is 7.17. The van der Waals surface area contributed by atoms with E-state index in [0.717, 1.165) is 10.4 Å². The molecule has 7 nitrogen and oxygen atoms in total. The number of hydrogen-bond donors (Lipinski definition) is 3. The summed E-state index contributed by atoms with van der Waals surface area (Å²) >= 11 is 13.5. The van der Waals surface area contributed by atoms with E-state index in [1.54, 1.807) is 53.4 Å². The zero-order chi connectivity index (χ0) is 22.8. The van der Waals surface area contributed by atoms with E-state index in [1.807, 2.05) is 0 Å². The summed E-state index contributed by atoms with van der Waals surface area (Å²) in [6.07, 6.45) is 0.433. The highest BCUT2D eigenvalue weighted by Crippen LogP contribution is 2.37. The van der Waals surface area contributed by atoms with Crippen LogP contribution in [0.5, 0.6) is 0 Å². The molecule has 0 fully saturated rings. The van der Waals surface area contributed by atoms with Crippen molar-refractivity contribution in [3.05, 3.63) is 80.1 Å². The molecule has 0 aliphatic carbocycles. The van der Waals surface area contributed by atoms with Gasteiger partial charge in [-0.15, -0.1) is 11.3 Å². The molecule has 10 heteroatoms. The van der Waals surface area contributed by atoms with E-state index in [0.29, 0.717) is 33.7 Å². The van der Waals surface area contributed by atoms with Crippen LogP contribution in [0.15, 0.2) is 48.5 Å². The highest BCUT2D eigenvalue weighted by atomic mass is 35.5. The molecule has 2 heterocycles. The third-order valence-corrected chi connectivity index (χ3v) is 6.84. The van der Waals surface area contributed by atoms with E-state index in [4.69, 9.17) is 28.9 Å². The van der Waals surface area contributed by atoms with Gasteiger partial charge in [0.05, 0.1) is 33.4 Å². The maximum absolute atomic E-state index is 12.7. The zero-order valence-electron chi connectivity index (χ0n) is 16.7. The molecule has 1 aliphatic rings. The average molecular weight is 489 g/mol. The van der Waals surface area contributed by atoms with Gasteiger partial charge in [-0.2, -0.15) is 0 Å². The number of carbonyl (C=O) groups is 3. The van der Waals surface area contributed by atoms with Crippen LogP contribution in [0.25, 0.3) is 0 Å². The number of nitrogens with one attached hydrogen (secondary N) is 2. The number of anilines is 2. The highest BCUT2D eigenvalue weighted by Gasteiger charge is 2.30. The topological polar surface area (TPSA) is 105 Å². The molecule has 1 aliphatic heterocycles. The molecule has 0 spiro atoms. The van der Waals surface area contributed by atoms with Gasteiger partial charge in [-0.1, -0.05) is 47.5 Å². The van der Waals surface area contributed by atoms with E-state index >= 15 is 0 Å². The van der Waals surface area contributed by atoms with Gasteiger partial charge < -0.3 is 21.3 Å². The van der Waals surface area contributed by atoms with Gasteiger partial charge in [-0.25, -0.2) is 4.79 Å². The van der Waals surface area contributed by atoms with Crippen molar-refractivity contribution in [3.63, 3.8) is 0 Å². The third kappa shape index (κ3) is 4.43. The summed E-state index contributed by atoms with van der Waals surface area (Å²) in [6, 6.07) is 13.3. The minimum Gasteiger partial charge on any atom is -0.365 e. The van der Waals surface area contributed by atoms with Crippen LogP contribution in [-0.4, -0.2) is 29.3 Å². The number of thiophene rings is 1. The summed E-state index contributed by atoms with van der Waals surface area (Å²) in [4.78, 5) is 40.0. The normalized spacial score (nSPS) is 12.8. The number of primary amides is 1. The lowest BCUT2D eigenvalue weighted by Gasteiger charge is -2.27. The SMILES string of the molecule is NC(=O)c1c(NC(=O)c2ccccc2Cl)sc2c1CCN(C(=O)Nc1ccccc1Cl)C2. The minimum absolute atomic E-state index is 0.275. The van der Waals surface area contributed by atoms with Crippen LogP contribution in [0.3, 0.4) is 0 Å². The number of benzene rings is 2. The van der Waals surface area contributed by atoms with E-state index < -0.39 is 11.8 Å². The second kappa shape index (κ2) is 9.20. The lowest BCUT2D eigenvalue weighted by molar-refractivity contribution is 0.1000. The minimum atomic E-state index is -0.633. The number of nitrogens with two attached hydrogens (primary N) is 1. The monoisotopic (exact) mass is 488 g/mol. The van der Waals surface area contributed by atoms with E-state index in [9.17, 15) is 14.4 Å². The standard InChI is InChI=1S/C22H18Cl2N4O3S/c23-14-6-2-1-5-12(14)20(30)27-21-18(19(25)29)13-9-10-28(11-17(13)32-21)22(31)26-16-8-4-3-7-15(16)24/h1-8H,9-11H2,(H2,25,29)(H,26,31)(H,27,30). The van der Waals surface area contributed by atoms with Gasteiger partial charge in [0.1, 0.15) is 5.00 Å². The van der Waals surface area contributed by atoms with Gasteiger partial charge >= 0.3 is 6.03 Å². The molecule has 4 amide bonds. The maximum Gasteiger partial charge on any atom is 0.322 e. The van der Waals surface area contributed by atoms with Gasteiger partial charge in [0.15, 0.2) is 0 Å². The predicted molar refractivity (Wildman–Crippen MR) is 127 cm³/mol. The van der Waals surface area contributed by atoms with Crippen molar-refractivity contribution in [1.29, 1.82) is 0 Å². The first-order valence-corrected chi connectivity index (χ1v) is 11.2. The van der Waals surface area contributed by atoms with Crippen molar-refractivity contribution in [2.75, 3.05) is 17.2 Å². The molecule has 0 atom stereocenters. The summed E-state index contributed by atoms with van der Waals surface area (Å²) in [5.41, 5.74) is 7.45. The number of nitrogens with zero attached hydrogens (tertiary/aromatic N) is 1. The number of amides is 4. The summed E-state index contributed by atoms with van der Waals surface area (Å²) in [5, 5.41) is 6.64. The molecule has 0 bridgehead atoms. The smallest absolute Gasteiger partial charge is 0.322 e. The Morgan fingerprint density at radius 1 is 0.969 bits per heavy atom. The van der Waals surface area contributed by atoms with Crippen LogP contribution < -0.4 is 16.4 Å². The molecule has 0 radical (unpaired) electrons. The van der Waals surface area contributed by atoms with Crippen LogP contribution in [0.1, 0.15) is 31.2 Å². The molecular weight excluding hydrogens is 471 g/mol. The molecular formula is C22H18Cl2N4O3S. The molecule has 1 aromatic heterocycles. The maximum atomic E-state index is 12.7. The third-order valence-electron chi connectivity index (χ3n) is 5.05. The second-order valence-corrected chi connectivity index (χ2v) is 9.01. The molecule has 164 valence electrons. The van der Waals surface area contributed by atoms with Crippen molar-refractivity contribution in [3.8, 4) is 0 Å². The Kier molecular flexibility index (Phi) is 6.36.